The topological polar surface area (TPSA) is 105 Å². The second-order valence-electron chi connectivity index (χ2n) is 9.30. The fourth-order valence-corrected chi connectivity index (χ4v) is 5.01. The minimum absolute atomic E-state index is 0.0905. The third-order valence-electron chi connectivity index (χ3n) is 6.27. The SMILES string of the molecule is CCCCNC(=O)[C@H](C)N(Cc1ccc(C)cc1)C(=O)CCCN(c1ccc2c(c1)OCO2)S(C)(=O)=O. The second-order valence-corrected chi connectivity index (χ2v) is 11.2. The van der Waals surface area contributed by atoms with Gasteiger partial charge in [0.2, 0.25) is 28.6 Å². The van der Waals surface area contributed by atoms with E-state index in [1.54, 1.807) is 30.0 Å². The molecular weight excluding hydrogens is 494 g/mol. The Bertz CT molecular complexity index is 1180. The molecule has 37 heavy (non-hydrogen) atoms. The molecule has 1 atom stereocenters. The number of carbonyl (C=O) groups excluding carboxylic acids is 2. The molecule has 202 valence electrons. The van der Waals surface area contributed by atoms with Gasteiger partial charge < -0.3 is 19.7 Å². The van der Waals surface area contributed by atoms with Crippen molar-refractivity contribution >= 4 is 27.5 Å². The Hall–Kier alpha value is -3.27. The van der Waals surface area contributed by atoms with Crippen LogP contribution >= 0.6 is 0 Å². The molecule has 0 saturated heterocycles. The second kappa shape index (κ2) is 12.8. The van der Waals surface area contributed by atoms with E-state index in [4.69, 9.17) is 9.47 Å². The van der Waals surface area contributed by atoms with Gasteiger partial charge in [0, 0.05) is 32.1 Å². The summed E-state index contributed by atoms with van der Waals surface area (Å²) in [5, 5.41) is 2.91. The Morgan fingerprint density at radius 2 is 1.76 bits per heavy atom. The fraction of sp³-hybridized carbons (Fsp3) is 0.481. The molecule has 2 amide bonds. The smallest absolute Gasteiger partial charge is 0.242 e. The first-order valence-electron chi connectivity index (χ1n) is 12.6. The molecular formula is C27H37N3O6S. The standard InChI is InChI=1S/C27H37N3O6S/c1-5-6-15-28-27(32)21(3)29(18-22-11-9-20(2)10-12-22)26(31)8-7-16-30(37(4,33)34)23-13-14-24-25(17-23)36-19-35-24/h9-14,17,21H,5-8,15-16,18-19H2,1-4H3,(H,28,32)/t21-/m0/s1. The van der Waals surface area contributed by atoms with Crippen LogP contribution in [-0.4, -0.2) is 57.3 Å². The van der Waals surface area contributed by atoms with Gasteiger partial charge in [-0.1, -0.05) is 43.2 Å². The maximum absolute atomic E-state index is 13.4. The van der Waals surface area contributed by atoms with Crippen LogP contribution in [0.15, 0.2) is 42.5 Å². The summed E-state index contributed by atoms with van der Waals surface area (Å²) >= 11 is 0. The minimum Gasteiger partial charge on any atom is -0.454 e. The van der Waals surface area contributed by atoms with E-state index in [0.717, 1.165) is 30.2 Å². The highest BCUT2D eigenvalue weighted by atomic mass is 32.2. The molecule has 2 aromatic rings. The lowest BCUT2D eigenvalue weighted by Gasteiger charge is -2.29. The van der Waals surface area contributed by atoms with E-state index in [-0.39, 0.29) is 38.0 Å². The molecule has 0 fully saturated rings. The summed E-state index contributed by atoms with van der Waals surface area (Å²) in [6, 6.07) is 12.1. The van der Waals surface area contributed by atoms with Gasteiger partial charge in [0.15, 0.2) is 11.5 Å². The van der Waals surface area contributed by atoms with Crippen LogP contribution in [0.3, 0.4) is 0 Å². The van der Waals surface area contributed by atoms with Crippen molar-refractivity contribution in [2.75, 3.05) is 30.4 Å². The molecule has 10 heteroatoms. The predicted octanol–water partition coefficient (Wildman–Crippen LogP) is 3.60. The average Bonchev–Trinajstić information content (AvgIpc) is 3.33. The average molecular weight is 532 g/mol. The van der Waals surface area contributed by atoms with Crippen molar-refractivity contribution in [2.24, 2.45) is 0 Å². The van der Waals surface area contributed by atoms with Gasteiger partial charge in [-0.2, -0.15) is 0 Å². The Morgan fingerprint density at radius 3 is 2.43 bits per heavy atom. The van der Waals surface area contributed by atoms with E-state index >= 15 is 0 Å². The number of aryl methyl sites for hydroxylation is 1. The largest absolute Gasteiger partial charge is 0.454 e. The number of benzene rings is 2. The van der Waals surface area contributed by atoms with E-state index < -0.39 is 16.1 Å². The van der Waals surface area contributed by atoms with E-state index in [1.165, 1.54) is 4.31 Å². The van der Waals surface area contributed by atoms with Gasteiger partial charge in [0.25, 0.3) is 0 Å². The molecule has 0 aromatic heterocycles. The van der Waals surface area contributed by atoms with Crippen molar-refractivity contribution < 1.29 is 27.5 Å². The quantitative estimate of drug-likeness (QED) is 0.396. The molecule has 0 unspecified atom stereocenters. The number of sulfonamides is 1. The molecule has 0 spiro atoms. The fourth-order valence-electron chi connectivity index (χ4n) is 4.05. The number of fused-ring (bicyclic) bond motifs is 1. The summed E-state index contributed by atoms with van der Waals surface area (Å²) in [6.45, 7) is 6.82. The van der Waals surface area contributed by atoms with E-state index in [0.29, 0.717) is 30.3 Å². The molecule has 1 N–H and O–H groups in total. The van der Waals surface area contributed by atoms with Crippen LogP contribution in [0.4, 0.5) is 5.69 Å². The number of hydrogen-bond acceptors (Lipinski definition) is 6. The Balaban J connectivity index is 1.70. The number of amides is 2. The summed E-state index contributed by atoms with van der Waals surface area (Å²) in [6.07, 6.45) is 3.34. The monoisotopic (exact) mass is 531 g/mol. The zero-order chi connectivity index (χ0) is 27.0. The zero-order valence-corrected chi connectivity index (χ0v) is 22.8. The molecule has 9 nitrogen and oxygen atoms in total. The molecule has 1 heterocycles. The van der Waals surface area contributed by atoms with Crippen LogP contribution in [0.2, 0.25) is 0 Å². The van der Waals surface area contributed by atoms with Crippen LogP contribution in [0.5, 0.6) is 11.5 Å². The molecule has 1 aliphatic rings. The Kier molecular flexibility index (Phi) is 9.79. The van der Waals surface area contributed by atoms with Crippen LogP contribution in [0, 0.1) is 6.92 Å². The van der Waals surface area contributed by atoms with Crippen LogP contribution in [-0.2, 0) is 26.2 Å². The first-order valence-corrected chi connectivity index (χ1v) is 14.4. The minimum atomic E-state index is -3.60. The first-order chi connectivity index (χ1) is 17.6. The lowest BCUT2D eigenvalue weighted by atomic mass is 10.1. The molecule has 1 aliphatic heterocycles. The number of nitrogens with zero attached hydrogens (tertiary/aromatic N) is 2. The lowest BCUT2D eigenvalue weighted by molar-refractivity contribution is -0.140. The predicted molar refractivity (Wildman–Crippen MR) is 143 cm³/mol. The summed E-state index contributed by atoms with van der Waals surface area (Å²) in [5.74, 6) is 0.629. The maximum atomic E-state index is 13.4. The first kappa shape index (κ1) is 28.3. The summed E-state index contributed by atoms with van der Waals surface area (Å²) < 4.78 is 37.0. The number of ether oxygens (including phenoxy) is 2. The van der Waals surface area contributed by atoms with Crippen molar-refractivity contribution in [1.82, 2.24) is 10.2 Å². The third kappa shape index (κ3) is 7.85. The Morgan fingerprint density at radius 1 is 1.05 bits per heavy atom. The highest BCUT2D eigenvalue weighted by Gasteiger charge is 2.27. The van der Waals surface area contributed by atoms with Gasteiger partial charge in [-0.15, -0.1) is 0 Å². The van der Waals surface area contributed by atoms with Gasteiger partial charge in [-0.3, -0.25) is 13.9 Å². The summed E-state index contributed by atoms with van der Waals surface area (Å²) in [5.41, 5.74) is 2.47. The normalized spacial score (nSPS) is 13.2. The lowest BCUT2D eigenvalue weighted by Crippen LogP contribution is -2.48. The molecule has 3 rings (SSSR count). The molecule has 0 radical (unpaired) electrons. The third-order valence-corrected chi connectivity index (χ3v) is 7.46. The van der Waals surface area contributed by atoms with Crippen molar-refractivity contribution in [3.63, 3.8) is 0 Å². The molecule has 0 saturated carbocycles. The van der Waals surface area contributed by atoms with E-state index in [1.807, 2.05) is 38.1 Å². The van der Waals surface area contributed by atoms with Crippen molar-refractivity contribution in [1.29, 1.82) is 0 Å². The van der Waals surface area contributed by atoms with Gasteiger partial charge in [-0.05, 0) is 44.4 Å². The van der Waals surface area contributed by atoms with Crippen molar-refractivity contribution in [2.45, 2.75) is 59.0 Å². The highest BCUT2D eigenvalue weighted by molar-refractivity contribution is 7.92. The number of hydrogen-bond donors (Lipinski definition) is 1. The Labute approximate surface area is 219 Å². The number of rotatable bonds is 13. The number of nitrogens with one attached hydrogen (secondary N) is 1. The maximum Gasteiger partial charge on any atom is 0.242 e. The zero-order valence-electron chi connectivity index (χ0n) is 22.0. The van der Waals surface area contributed by atoms with Crippen LogP contribution in [0.1, 0.15) is 50.7 Å². The van der Waals surface area contributed by atoms with E-state index in [9.17, 15) is 18.0 Å². The summed E-state index contributed by atoms with van der Waals surface area (Å²) in [7, 11) is -3.60. The molecule has 2 aromatic carbocycles. The number of carbonyl (C=O) groups is 2. The number of unbranched alkanes of at least 4 members (excludes halogenated alkanes) is 1. The molecule has 0 aliphatic carbocycles. The van der Waals surface area contributed by atoms with E-state index in [2.05, 4.69) is 5.32 Å². The van der Waals surface area contributed by atoms with Crippen LogP contribution < -0.4 is 19.1 Å². The highest BCUT2D eigenvalue weighted by Crippen LogP contribution is 2.36. The van der Waals surface area contributed by atoms with Gasteiger partial charge in [-0.25, -0.2) is 8.42 Å². The molecule has 0 bridgehead atoms. The number of anilines is 1. The van der Waals surface area contributed by atoms with Crippen molar-refractivity contribution in [3.8, 4) is 11.5 Å². The van der Waals surface area contributed by atoms with Crippen LogP contribution in [0.25, 0.3) is 0 Å². The van der Waals surface area contributed by atoms with Gasteiger partial charge in [0.05, 0.1) is 11.9 Å². The van der Waals surface area contributed by atoms with Gasteiger partial charge in [0.1, 0.15) is 6.04 Å². The van der Waals surface area contributed by atoms with Gasteiger partial charge >= 0.3 is 0 Å². The van der Waals surface area contributed by atoms with Crippen molar-refractivity contribution in [3.05, 3.63) is 53.6 Å². The summed E-state index contributed by atoms with van der Waals surface area (Å²) in [4.78, 5) is 27.7.